The van der Waals surface area contributed by atoms with Gasteiger partial charge in [0.15, 0.2) is 11.5 Å². The van der Waals surface area contributed by atoms with Crippen LogP contribution in [0.3, 0.4) is 0 Å². The molecule has 0 fully saturated rings. The molecule has 14 heavy (non-hydrogen) atoms. The number of thiol groups is 1. The normalized spacial score (nSPS) is 9.93. The molecule has 0 bridgehead atoms. The molecule has 0 atom stereocenters. The van der Waals surface area contributed by atoms with Crippen molar-refractivity contribution in [2.24, 2.45) is 0 Å². The highest BCUT2D eigenvalue weighted by atomic mass is 32.1. The monoisotopic (exact) mass is 212 g/mol. The zero-order chi connectivity index (χ0) is 10.4. The molecular formula is C11H16O2S. The van der Waals surface area contributed by atoms with Crippen molar-refractivity contribution in [3.05, 3.63) is 23.8 Å². The molecule has 0 radical (unpaired) electrons. The van der Waals surface area contributed by atoms with Gasteiger partial charge in [-0.15, -0.1) is 0 Å². The molecule has 0 aromatic heterocycles. The quantitative estimate of drug-likeness (QED) is 0.756. The summed E-state index contributed by atoms with van der Waals surface area (Å²) in [7, 11) is 1.66. The average molecular weight is 212 g/mol. The Labute approximate surface area is 90.6 Å². The fourth-order valence-electron chi connectivity index (χ4n) is 1.27. The lowest BCUT2D eigenvalue weighted by atomic mass is 10.1. The standard InChI is InChI=1S/C11H16O2S/c1-3-13-10-5-4-9(6-7-14)8-11(10)12-2/h4-5,8,14H,3,6-7H2,1-2H3. The first-order chi connectivity index (χ1) is 6.81. The lowest BCUT2D eigenvalue weighted by Crippen LogP contribution is -1.96. The third kappa shape index (κ3) is 2.84. The average Bonchev–Trinajstić information content (AvgIpc) is 2.21. The van der Waals surface area contributed by atoms with E-state index in [-0.39, 0.29) is 0 Å². The summed E-state index contributed by atoms with van der Waals surface area (Å²) < 4.78 is 10.7. The van der Waals surface area contributed by atoms with Gasteiger partial charge in [-0.2, -0.15) is 12.6 Å². The van der Waals surface area contributed by atoms with Gasteiger partial charge in [-0.05, 0) is 36.8 Å². The van der Waals surface area contributed by atoms with E-state index in [2.05, 4.69) is 12.6 Å². The largest absolute Gasteiger partial charge is 0.493 e. The number of aryl methyl sites for hydroxylation is 1. The van der Waals surface area contributed by atoms with Crippen LogP contribution in [0.25, 0.3) is 0 Å². The molecule has 0 saturated heterocycles. The van der Waals surface area contributed by atoms with Crippen molar-refractivity contribution in [1.29, 1.82) is 0 Å². The number of methoxy groups -OCH3 is 1. The van der Waals surface area contributed by atoms with Crippen LogP contribution in [0.1, 0.15) is 12.5 Å². The fourth-order valence-corrected chi connectivity index (χ4v) is 1.53. The predicted molar refractivity (Wildman–Crippen MR) is 61.7 cm³/mol. The maximum Gasteiger partial charge on any atom is 0.161 e. The zero-order valence-electron chi connectivity index (χ0n) is 8.62. The Bertz CT molecular complexity index is 287. The molecule has 0 spiro atoms. The highest BCUT2D eigenvalue weighted by Crippen LogP contribution is 2.28. The highest BCUT2D eigenvalue weighted by Gasteiger charge is 2.04. The van der Waals surface area contributed by atoms with Crippen LogP contribution in [0.4, 0.5) is 0 Å². The molecule has 0 heterocycles. The van der Waals surface area contributed by atoms with E-state index < -0.39 is 0 Å². The molecule has 0 aliphatic heterocycles. The lowest BCUT2D eigenvalue weighted by molar-refractivity contribution is 0.310. The van der Waals surface area contributed by atoms with Crippen LogP contribution < -0.4 is 9.47 Å². The van der Waals surface area contributed by atoms with Crippen molar-refractivity contribution in [2.45, 2.75) is 13.3 Å². The van der Waals surface area contributed by atoms with Gasteiger partial charge in [-0.3, -0.25) is 0 Å². The third-order valence-electron chi connectivity index (χ3n) is 1.93. The van der Waals surface area contributed by atoms with Gasteiger partial charge < -0.3 is 9.47 Å². The van der Waals surface area contributed by atoms with Crippen LogP contribution in [0.5, 0.6) is 11.5 Å². The predicted octanol–water partition coefficient (Wildman–Crippen LogP) is 2.57. The topological polar surface area (TPSA) is 18.5 Å². The molecule has 1 aromatic rings. The van der Waals surface area contributed by atoms with Gasteiger partial charge >= 0.3 is 0 Å². The van der Waals surface area contributed by atoms with Crippen molar-refractivity contribution < 1.29 is 9.47 Å². The van der Waals surface area contributed by atoms with Crippen LogP contribution in [0.15, 0.2) is 18.2 Å². The van der Waals surface area contributed by atoms with Gasteiger partial charge in [0.1, 0.15) is 0 Å². The van der Waals surface area contributed by atoms with Crippen molar-refractivity contribution in [3.63, 3.8) is 0 Å². The van der Waals surface area contributed by atoms with Crippen LogP contribution in [0.2, 0.25) is 0 Å². The SMILES string of the molecule is CCOc1ccc(CCS)cc1OC. The maximum atomic E-state index is 5.42. The van der Waals surface area contributed by atoms with E-state index in [0.29, 0.717) is 6.61 Å². The van der Waals surface area contributed by atoms with E-state index in [1.165, 1.54) is 5.56 Å². The minimum atomic E-state index is 0.655. The Morgan fingerprint density at radius 3 is 2.64 bits per heavy atom. The van der Waals surface area contributed by atoms with E-state index in [4.69, 9.17) is 9.47 Å². The van der Waals surface area contributed by atoms with E-state index in [0.717, 1.165) is 23.7 Å². The lowest BCUT2D eigenvalue weighted by Gasteiger charge is -2.10. The van der Waals surface area contributed by atoms with E-state index in [1.54, 1.807) is 7.11 Å². The van der Waals surface area contributed by atoms with E-state index in [1.807, 2.05) is 25.1 Å². The molecule has 0 unspecified atom stereocenters. The van der Waals surface area contributed by atoms with Crippen molar-refractivity contribution in [2.75, 3.05) is 19.5 Å². The van der Waals surface area contributed by atoms with Gasteiger partial charge in [0.2, 0.25) is 0 Å². The first-order valence-electron chi connectivity index (χ1n) is 4.72. The molecule has 2 nitrogen and oxygen atoms in total. The van der Waals surface area contributed by atoms with Gasteiger partial charge in [0.05, 0.1) is 13.7 Å². The van der Waals surface area contributed by atoms with E-state index in [9.17, 15) is 0 Å². The molecule has 0 amide bonds. The van der Waals surface area contributed by atoms with Crippen molar-refractivity contribution in [3.8, 4) is 11.5 Å². The zero-order valence-corrected chi connectivity index (χ0v) is 9.51. The summed E-state index contributed by atoms with van der Waals surface area (Å²) in [6.07, 6.45) is 0.950. The molecule has 0 saturated carbocycles. The summed E-state index contributed by atoms with van der Waals surface area (Å²) in [4.78, 5) is 0. The van der Waals surface area contributed by atoms with Gasteiger partial charge in [0.25, 0.3) is 0 Å². The Kier molecular flexibility index (Phi) is 4.66. The number of rotatable bonds is 5. The number of ether oxygens (including phenoxy) is 2. The molecule has 1 aromatic carbocycles. The minimum absolute atomic E-state index is 0.655. The fraction of sp³-hybridized carbons (Fsp3) is 0.455. The second-order valence-corrected chi connectivity index (χ2v) is 3.34. The third-order valence-corrected chi connectivity index (χ3v) is 2.15. The first-order valence-corrected chi connectivity index (χ1v) is 5.35. The smallest absolute Gasteiger partial charge is 0.161 e. The Morgan fingerprint density at radius 2 is 2.07 bits per heavy atom. The van der Waals surface area contributed by atoms with Gasteiger partial charge in [0, 0.05) is 0 Å². The molecule has 78 valence electrons. The van der Waals surface area contributed by atoms with Gasteiger partial charge in [-0.25, -0.2) is 0 Å². The summed E-state index contributed by atoms with van der Waals surface area (Å²) in [5, 5.41) is 0. The van der Waals surface area contributed by atoms with Crippen LogP contribution in [-0.2, 0) is 6.42 Å². The van der Waals surface area contributed by atoms with Crippen molar-refractivity contribution >= 4 is 12.6 Å². The van der Waals surface area contributed by atoms with Crippen LogP contribution >= 0.6 is 12.6 Å². The Balaban J connectivity index is 2.87. The minimum Gasteiger partial charge on any atom is -0.493 e. The molecule has 0 aliphatic rings. The van der Waals surface area contributed by atoms with Crippen LogP contribution in [-0.4, -0.2) is 19.5 Å². The maximum absolute atomic E-state index is 5.42. The summed E-state index contributed by atoms with van der Waals surface area (Å²) >= 11 is 4.19. The molecular weight excluding hydrogens is 196 g/mol. The molecule has 3 heteroatoms. The van der Waals surface area contributed by atoms with Crippen molar-refractivity contribution in [1.82, 2.24) is 0 Å². The molecule has 0 N–H and O–H groups in total. The summed E-state index contributed by atoms with van der Waals surface area (Å²) in [5.41, 5.74) is 1.22. The summed E-state index contributed by atoms with van der Waals surface area (Å²) in [6.45, 7) is 2.61. The molecule has 1 rings (SSSR count). The van der Waals surface area contributed by atoms with Gasteiger partial charge in [-0.1, -0.05) is 6.07 Å². The van der Waals surface area contributed by atoms with Crippen LogP contribution in [0, 0.1) is 0 Å². The number of hydrogen-bond acceptors (Lipinski definition) is 3. The Morgan fingerprint density at radius 1 is 1.29 bits per heavy atom. The highest BCUT2D eigenvalue weighted by molar-refractivity contribution is 7.80. The molecule has 0 aliphatic carbocycles. The number of hydrogen-bond donors (Lipinski definition) is 1. The summed E-state index contributed by atoms with van der Waals surface area (Å²) in [5.74, 6) is 2.45. The first kappa shape index (κ1) is 11.2. The van der Waals surface area contributed by atoms with E-state index >= 15 is 0 Å². The summed E-state index contributed by atoms with van der Waals surface area (Å²) in [6, 6.07) is 5.99. The Hall–Kier alpha value is -0.830. The second-order valence-electron chi connectivity index (χ2n) is 2.89. The second kappa shape index (κ2) is 5.81. The number of benzene rings is 1.